The number of anilines is 1. The highest BCUT2D eigenvalue weighted by atomic mass is 16.6. The highest BCUT2D eigenvalue weighted by molar-refractivity contribution is 5.65. The molecule has 2 rings (SSSR count). The second-order valence-electron chi connectivity index (χ2n) is 4.38. The minimum Gasteiger partial charge on any atom is -0.467 e. The number of rotatable bonds is 7. The van der Waals surface area contributed by atoms with Gasteiger partial charge in [-0.05, 0) is 18.2 Å². The van der Waals surface area contributed by atoms with Crippen molar-refractivity contribution in [2.24, 2.45) is 0 Å². The van der Waals surface area contributed by atoms with Gasteiger partial charge in [0.15, 0.2) is 0 Å². The van der Waals surface area contributed by atoms with Crippen LogP contribution < -0.4 is 5.32 Å². The minimum absolute atomic E-state index is 0.147. The molecule has 0 aliphatic carbocycles. The third-order valence-electron chi connectivity index (χ3n) is 2.94. The molecule has 0 bridgehead atoms. The molecule has 2 aromatic rings. The van der Waals surface area contributed by atoms with E-state index in [0.717, 1.165) is 6.07 Å². The lowest BCUT2D eigenvalue weighted by Gasteiger charge is -2.16. The smallest absolute Gasteiger partial charge is 0.299 e. The number of non-ortho nitro benzene ring substituents is 1. The predicted molar refractivity (Wildman–Crippen MR) is 76.7 cm³/mol. The van der Waals surface area contributed by atoms with E-state index >= 15 is 0 Å². The highest BCUT2D eigenvalue weighted by Gasteiger charge is 2.23. The Morgan fingerprint density at radius 3 is 2.59 bits per heavy atom. The zero-order valence-corrected chi connectivity index (χ0v) is 11.6. The Bertz CT molecular complexity index is 670. The van der Waals surface area contributed by atoms with Gasteiger partial charge in [0, 0.05) is 13.2 Å². The number of nitrogens with zero attached hydrogens (tertiary/aromatic N) is 2. The lowest BCUT2D eigenvalue weighted by Crippen LogP contribution is -2.16. The lowest BCUT2D eigenvalue weighted by atomic mass is 10.2. The first-order chi connectivity index (χ1) is 10.5. The van der Waals surface area contributed by atoms with E-state index in [0.29, 0.717) is 5.76 Å². The molecule has 1 heterocycles. The normalized spacial score (nSPS) is 11.9. The molecule has 1 unspecified atom stereocenters. The minimum atomic E-state index is -0.685. The van der Waals surface area contributed by atoms with Gasteiger partial charge in [0.05, 0.1) is 28.8 Å². The van der Waals surface area contributed by atoms with Crippen molar-refractivity contribution in [2.75, 3.05) is 19.0 Å². The van der Waals surface area contributed by atoms with E-state index in [2.05, 4.69) is 5.32 Å². The van der Waals surface area contributed by atoms with E-state index in [-0.39, 0.29) is 23.7 Å². The van der Waals surface area contributed by atoms with Crippen molar-refractivity contribution in [1.29, 1.82) is 0 Å². The molecule has 1 aromatic carbocycles. The number of nitrogens with one attached hydrogen (secondary N) is 1. The Morgan fingerprint density at radius 1 is 1.27 bits per heavy atom. The molecule has 0 aliphatic heterocycles. The fourth-order valence-corrected chi connectivity index (χ4v) is 1.95. The zero-order valence-electron chi connectivity index (χ0n) is 11.6. The fraction of sp³-hybridized carbons (Fsp3) is 0.231. The van der Waals surface area contributed by atoms with E-state index in [1.165, 1.54) is 25.5 Å². The Hall–Kier alpha value is -2.94. The number of nitro benzene ring substituents is 2. The summed E-state index contributed by atoms with van der Waals surface area (Å²) in [6.45, 7) is 0.210. The van der Waals surface area contributed by atoms with Gasteiger partial charge in [0.25, 0.3) is 11.4 Å². The molecule has 1 atom stereocenters. The van der Waals surface area contributed by atoms with Crippen molar-refractivity contribution in [1.82, 2.24) is 0 Å². The number of benzene rings is 1. The molecular weight excluding hydrogens is 294 g/mol. The van der Waals surface area contributed by atoms with Crippen molar-refractivity contribution >= 4 is 17.1 Å². The van der Waals surface area contributed by atoms with Crippen LogP contribution in [0, 0.1) is 20.2 Å². The van der Waals surface area contributed by atoms with Crippen LogP contribution >= 0.6 is 0 Å². The molecule has 1 N–H and O–H groups in total. The van der Waals surface area contributed by atoms with Gasteiger partial charge in [-0.2, -0.15) is 0 Å². The van der Waals surface area contributed by atoms with E-state index in [4.69, 9.17) is 9.15 Å². The molecule has 1 aromatic heterocycles. The Balaban J connectivity index is 2.34. The average Bonchev–Trinajstić information content (AvgIpc) is 3.00. The maximum atomic E-state index is 11.1. The van der Waals surface area contributed by atoms with Crippen molar-refractivity contribution < 1.29 is 19.0 Å². The molecule has 22 heavy (non-hydrogen) atoms. The van der Waals surface area contributed by atoms with Gasteiger partial charge >= 0.3 is 0 Å². The molecule has 0 fully saturated rings. The largest absolute Gasteiger partial charge is 0.467 e. The summed E-state index contributed by atoms with van der Waals surface area (Å²) >= 11 is 0. The summed E-state index contributed by atoms with van der Waals surface area (Å²) < 4.78 is 10.3. The highest BCUT2D eigenvalue weighted by Crippen LogP contribution is 2.31. The number of methoxy groups -OCH3 is 1. The number of hydrogen-bond acceptors (Lipinski definition) is 7. The molecule has 9 nitrogen and oxygen atoms in total. The summed E-state index contributed by atoms with van der Waals surface area (Å²) in [7, 11) is 1.49. The van der Waals surface area contributed by atoms with Crippen molar-refractivity contribution in [3.05, 3.63) is 62.6 Å². The number of hydrogen-bond donors (Lipinski definition) is 1. The van der Waals surface area contributed by atoms with Crippen LogP contribution in [0.4, 0.5) is 17.1 Å². The van der Waals surface area contributed by atoms with Crippen LogP contribution in [0.15, 0.2) is 41.0 Å². The molecular formula is C13H13N3O6. The van der Waals surface area contributed by atoms with Crippen molar-refractivity contribution in [2.45, 2.75) is 6.04 Å². The van der Waals surface area contributed by atoms with Crippen LogP contribution in [0.2, 0.25) is 0 Å². The van der Waals surface area contributed by atoms with Gasteiger partial charge < -0.3 is 14.5 Å². The predicted octanol–water partition coefficient (Wildman–Crippen LogP) is 2.90. The van der Waals surface area contributed by atoms with Gasteiger partial charge in [-0.15, -0.1) is 0 Å². The van der Waals surface area contributed by atoms with E-state index in [1.807, 2.05) is 0 Å². The molecule has 0 aliphatic rings. The summed E-state index contributed by atoms with van der Waals surface area (Å²) in [5, 5.41) is 24.8. The van der Waals surface area contributed by atoms with Crippen LogP contribution in [0.3, 0.4) is 0 Å². The second-order valence-corrected chi connectivity index (χ2v) is 4.38. The SMILES string of the molecule is COCC(Nc1ccc([N+](=O)[O-])cc1[N+](=O)[O-])c1ccco1. The summed E-state index contributed by atoms with van der Waals surface area (Å²) in [5.41, 5.74) is -0.588. The third-order valence-corrected chi connectivity index (χ3v) is 2.94. The van der Waals surface area contributed by atoms with Gasteiger partial charge in [0.2, 0.25) is 0 Å². The van der Waals surface area contributed by atoms with Gasteiger partial charge in [0.1, 0.15) is 17.5 Å². The molecule has 0 amide bonds. The molecule has 0 spiro atoms. The standard InChI is InChI=1S/C13H13N3O6/c1-21-8-11(13-3-2-6-22-13)14-10-5-4-9(15(17)18)7-12(10)16(19)20/h2-7,11,14H,8H2,1H3. The van der Waals surface area contributed by atoms with Crippen LogP contribution in [-0.2, 0) is 4.74 Å². The quantitative estimate of drug-likeness (QED) is 0.616. The van der Waals surface area contributed by atoms with Gasteiger partial charge in [-0.25, -0.2) is 0 Å². The Morgan fingerprint density at radius 2 is 2.05 bits per heavy atom. The molecule has 9 heteroatoms. The van der Waals surface area contributed by atoms with E-state index in [1.54, 1.807) is 12.1 Å². The topological polar surface area (TPSA) is 121 Å². The Labute approximate surface area is 124 Å². The monoisotopic (exact) mass is 307 g/mol. The van der Waals surface area contributed by atoms with E-state index < -0.39 is 15.9 Å². The summed E-state index contributed by atoms with van der Waals surface area (Å²) in [4.78, 5) is 20.5. The average molecular weight is 307 g/mol. The summed E-state index contributed by atoms with van der Waals surface area (Å²) in [6, 6.07) is 6.33. The fourth-order valence-electron chi connectivity index (χ4n) is 1.95. The second kappa shape index (κ2) is 6.68. The van der Waals surface area contributed by atoms with Gasteiger partial charge in [-0.3, -0.25) is 20.2 Å². The zero-order chi connectivity index (χ0) is 16.1. The maximum Gasteiger partial charge on any atom is 0.299 e. The first-order valence-corrected chi connectivity index (χ1v) is 6.24. The number of nitro groups is 2. The molecule has 116 valence electrons. The third kappa shape index (κ3) is 3.38. The maximum absolute atomic E-state index is 11.1. The van der Waals surface area contributed by atoms with Crippen LogP contribution in [0.1, 0.15) is 11.8 Å². The van der Waals surface area contributed by atoms with Crippen LogP contribution in [0.5, 0.6) is 0 Å². The summed E-state index contributed by atoms with van der Waals surface area (Å²) in [6.07, 6.45) is 1.48. The van der Waals surface area contributed by atoms with E-state index in [9.17, 15) is 20.2 Å². The number of furan rings is 1. The van der Waals surface area contributed by atoms with Crippen molar-refractivity contribution in [3.8, 4) is 0 Å². The molecule has 0 saturated heterocycles. The first-order valence-electron chi connectivity index (χ1n) is 6.24. The van der Waals surface area contributed by atoms with Crippen molar-refractivity contribution in [3.63, 3.8) is 0 Å². The number of ether oxygens (including phenoxy) is 1. The lowest BCUT2D eigenvalue weighted by molar-refractivity contribution is -0.393. The summed E-state index contributed by atoms with van der Waals surface area (Å²) in [5.74, 6) is 0.537. The van der Waals surface area contributed by atoms with Crippen LogP contribution in [0.25, 0.3) is 0 Å². The first kappa shape index (κ1) is 15.4. The Kier molecular flexibility index (Phi) is 4.69. The molecule has 0 radical (unpaired) electrons. The van der Waals surface area contributed by atoms with Gasteiger partial charge in [-0.1, -0.05) is 0 Å². The van der Waals surface area contributed by atoms with Crippen LogP contribution in [-0.4, -0.2) is 23.6 Å². The molecule has 0 saturated carbocycles.